The molecule has 0 nitrogen and oxygen atoms in total. The van der Waals surface area contributed by atoms with Crippen molar-refractivity contribution in [1.29, 1.82) is 0 Å². The Hall–Kier alpha value is -1.25. The molecule has 0 saturated carbocycles. The monoisotopic (exact) mass is 661 g/mol. The highest BCUT2D eigenvalue weighted by atomic mass is 28.3. The van der Waals surface area contributed by atoms with Crippen LogP contribution in [-0.4, -0.2) is 68.3 Å². The molecule has 1 radical (unpaired) electrons. The average Bonchev–Trinajstić information content (AvgIpc) is 2.71. The summed E-state index contributed by atoms with van der Waals surface area (Å²) in [6.07, 6.45) is -10.5. The Balaban J connectivity index is 6.89. The Morgan fingerprint density at radius 1 is 0.375 bits per heavy atom. The molecule has 0 atom stereocenters. The molecule has 241 valence electrons. The normalized spacial score (nSPS) is 16.5. The second-order valence-corrected chi connectivity index (χ2v) is 13.1. The van der Waals surface area contributed by atoms with Crippen LogP contribution in [0.3, 0.4) is 0 Å². The summed E-state index contributed by atoms with van der Waals surface area (Å²) in [6, 6.07) is -1.13. The van der Waals surface area contributed by atoms with E-state index in [-0.39, 0.29) is 0 Å². The minimum Gasteiger partial charge on any atom is -0.200 e. The van der Waals surface area contributed by atoms with E-state index in [2.05, 4.69) is 0 Å². The molecule has 0 heterocycles. The Kier molecular flexibility index (Phi) is 10.1. The lowest BCUT2D eigenvalue weighted by molar-refractivity contribution is -0.474. The summed E-state index contributed by atoms with van der Waals surface area (Å²) in [6.45, 7) is 5.31. The smallest absolute Gasteiger partial charge is 0.200 e. The second-order valence-electron chi connectivity index (χ2n) is 9.18. The topological polar surface area (TPSA) is 0 Å². The van der Waals surface area contributed by atoms with E-state index in [4.69, 9.17) is 0 Å². The summed E-state index contributed by atoms with van der Waals surface area (Å²) >= 11 is 0. The van der Waals surface area contributed by atoms with Gasteiger partial charge in [-0.3, -0.25) is 0 Å². The van der Waals surface area contributed by atoms with E-state index in [0.29, 0.717) is 0 Å². The third-order valence-corrected chi connectivity index (χ3v) is 9.58. The van der Waals surface area contributed by atoms with Gasteiger partial charge in [0.15, 0.2) is 0 Å². The van der Waals surface area contributed by atoms with E-state index in [0.717, 1.165) is 0 Å². The molecule has 40 heavy (non-hydrogen) atoms. The molecule has 0 aliphatic rings. The van der Waals surface area contributed by atoms with E-state index in [1.807, 2.05) is 0 Å². The fraction of sp³-hybridized carbons (Fsp3) is 1.00. The van der Waals surface area contributed by atoms with Gasteiger partial charge >= 0.3 is 59.5 Å². The standard InChI is InChI=1S/C18H18F21Si/c1-7(2)40(8(3)4)6-5-9(19,20)10(21,22)11(23,24)12(25,26)13(27,28)14(29,30)15(31,32)16(33,34)17(35,36)18(37,38)39/h7-8H,5-6H2,1-4H3. The molecular formula is C18H18F21Si. The molecule has 0 spiro atoms. The van der Waals surface area contributed by atoms with Gasteiger partial charge in [-0.1, -0.05) is 44.8 Å². The Morgan fingerprint density at radius 2 is 0.600 bits per heavy atom. The Labute approximate surface area is 212 Å². The molecule has 0 aliphatic heterocycles. The maximum atomic E-state index is 14.0. The third kappa shape index (κ3) is 5.34. The molecular weight excluding hydrogens is 643 g/mol. The van der Waals surface area contributed by atoms with Crippen LogP contribution in [0.15, 0.2) is 0 Å². The molecule has 0 amide bonds. The first-order valence-corrected chi connectivity index (χ1v) is 12.2. The highest BCUT2D eigenvalue weighted by Crippen LogP contribution is 2.66. The van der Waals surface area contributed by atoms with E-state index < -0.39 is 91.8 Å². The van der Waals surface area contributed by atoms with Gasteiger partial charge in [-0.2, -0.15) is 92.2 Å². The number of hydrogen-bond acceptors (Lipinski definition) is 0. The van der Waals surface area contributed by atoms with Gasteiger partial charge < -0.3 is 0 Å². The molecule has 0 saturated heterocycles. The van der Waals surface area contributed by atoms with Crippen molar-refractivity contribution >= 4 is 8.80 Å². The maximum Gasteiger partial charge on any atom is 0.460 e. The van der Waals surface area contributed by atoms with Gasteiger partial charge in [0.2, 0.25) is 0 Å². The molecule has 0 bridgehead atoms. The van der Waals surface area contributed by atoms with Crippen molar-refractivity contribution in [3.8, 4) is 0 Å². The largest absolute Gasteiger partial charge is 0.460 e. The predicted octanol–water partition coefficient (Wildman–Crippen LogP) is 9.97. The first-order chi connectivity index (χ1) is 17.0. The van der Waals surface area contributed by atoms with Crippen LogP contribution in [0.1, 0.15) is 34.1 Å². The van der Waals surface area contributed by atoms with Crippen LogP contribution in [0.2, 0.25) is 17.1 Å². The fourth-order valence-electron chi connectivity index (χ4n) is 3.29. The Bertz CT molecular complexity index is 861. The van der Waals surface area contributed by atoms with Crippen LogP contribution in [-0.2, 0) is 0 Å². The predicted molar refractivity (Wildman–Crippen MR) is 96.0 cm³/mol. The quantitative estimate of drug-likeness (QED) is 0.136. The lowest BCUT2D eigenvalue weighted by atomic mass is 9.86. The van der Waals surface area contributed by atoms with E-state index in [9.17, 15) is 92.2 Å². The second kappa shape index (κ2) is 10.5. The number of alkyl halides is 21. The van der Waals surface area contributed by atoms with Gasteiger partial charge in [-0.05, 0) is 0 Å². The Morgan fingerprint density at radius 3 is 0.825 bits per heavy atom. The van der Waals surface area contributed by atoms with E-state index in [1.54, 1.807) is 0 Å². The van der Waals surface area contributed by atoms with Crippen LogP contribution < -0.4 is 0 Å². The van der Waals surface area contributed by atoms with Gasteiger partial charge in [0.25, 0.3) is 0 Å². The van der Waals surface area contributed by atoms with E-state index >= 15 is 0 Å². The van der Waals surface area contributed by atoms with Crippen LogP contribution in [0.5, 0.6) is 0 Å². The fourth-order valence-corrected chi connectivity index (χ4v) is 6.38. The summed E-state index contributed by atoms with van der Waals surface area (Å²) in [7, 11) is -2.22. The summed E-state index contributed by atoms with van der Waals surface area (Å²) in [5.41, 5.74) is -1.17. The summed E-state index contributed by atoms with van der Waals surface area (Å²) < 4.78 is 281. The van der Waals surface area contributed by atoms with Crippen LogP contribution in [0.4, 0.5) is 92.2 Å². The van der Waals surface area contributed by atoms with Crippen molar-refractivity contribution in [2.45, 2.75) is 111 Å². The van der Waals surface area contributed by atoms with E-state index in [1.165, 1.54) is 27.7 Å². The molecule has 22 heteroatoms. The first kappa shape index (κ1) is 38.7. The highest BCUT2D eigenvalue weighted by Gasteiger charge is 2.97. The first-order valence-electron chi connectivity index (χ1n) is 10.3. The zero-order valence-electron chi connectivity index (χ0n) is 20.0. The molecule has 0 unspecified atom stereocenters. The molecule has 0 aromatic heterocycles. The summed E-state index contributed by atoms with van der Waals surface area (Å²) in [5.74, 6) is -76.3. The van der Waals surface area contributed by atoms with Crippen LogP contribution in [0.25, 0.3) is 0 Å². The van der Waals surface area contributed by atoms with Crippen molar-refractivity contribution in [2.75, 3.05) is 0 Å². The van der Waals surface area contributed by atoms with Crippen LogP contribution >= 0.6 is 0 Å². The molecule has 0 aromatic carbocycles. The molecule has 0 fully saturated rings. The summed E-state index contributed by atoms with van der Waals surface area (Å²) in [5, 5.41) is 0. The maximum absolute atomic E-state index is 14.0. The number of rotatable bonds is 13. The van der Waals surface area contributed by atoms with Gasteiger partial charge in [0, 0.05) is 6.42 Å². The number of halogens is 21. The zero-order chi connectivity index (χ0) is 33.1. The molecule has 0 N–H and O–H groups in total. The molecule has 0 rings (SSSR count). The highest BCUT2D eigenvalue weighted by molar-refractivity contribution is 6.61. The lowest BCUT2D eigenvalue weighted by Crippen LogP contribution is -2.76. The van der Waals surface area contributed by atoms with Gasteiger partial charge in [-0.25, -0.2) is 0 Å². The van der Waals surface area contributed by atoms with Gasteiger partial charge in [0.1, 0.15) is 0 Å². The van der Waals surface area contributed by atoms with Crippen molar-refractivity contribution < 1.29 is 92.2 Å². The average molecular weight is 661 g/mol. The van der Waals surface area contributed by atoms with Crippen molar-refractivity contribution in [3.05, 3.63) is 0 Å². The van der Waals surface area contributed by atoms with Crippen LogP contribution in [0, 0.1) is 0 Å². The van der Waals surface area contributed by atoms with Crippen molar-refractivity contribution in [1.82, 2.24) is 0 Å². The summed E-state index contributed by atoms with van der Waals surface area (Å²) in [4.78, 5) is 0. The van der Waals surface area contributed by atoms with Crippen molar-refractivity contribution in [2.24, 2.45) is 0 Å². The van der Waals surface area contributed by atoms with Gasteiger partial charge in [0.05, 0.1) is 8.80 Å². The zero-order valence-corrected chi connectivity index (χ0v) is 21.0. The SMILES string of the molecule is CC(C)[Si](CCC(F)(F)C(F)(F)C(F)(F)C(F)(F)C(F)(F)C(F)(F)C(F)(F)C(F)(F)C(F)(F)C(F)(F)F)C(C)C. The molecule has 0 aromatic rings. The minimum absolute atomic E-state index is 0.585. The molecule has 0 aliphatic carbocycles. The minimum atomic E-state index is -9.14. The third-order valence-electron chi connectivity index (χ3n) is 5.79. The lowest BCUT2D eigenvalue weighted by Gasteiger charge is -2.44. The number of hydrogen-bond donors (Lipinski definition) is 0. The van der Waals surface area contributed by atoms with Gasteiger partial charge in [-0.15, -0.1) is 0 Å². The van der Waals surface area contributed by atoms with Crippen molar-refractivity contribution in [3.63, 3.8) is 0 Å².